The number of ether oxygens (including phenoxy) is 2. The molecule has 0 unspecified atom stereocenters. The van der Waals surface area contributed by atoms with Gasteiger partial charge in [0, 0.05) is 18.8 Å². The molecule has 0 bridgehead atoms. The molecular weight excluding hydrogens is 342 g/mol. The minimum atomic E-state index is 0.265. The van der Waals surface area contributed by atoms with E-state index in [1.165, 1.54) is 6.33 Å². The topological polar surface area (TPSA) is 85.5 Å². The van der Waals surface area contributed by atoms with Crippen LogP contribution in [-0.2, 0) is 6.54 Å². The number of nitrogens with zero attached hydrogens (tertiary/aromatic N) is 3. The van der Waals surface area contributed by atoms with Gasteiger partial charge in [0.05, 0.1) is 0 Å². The highest BCUT2D eigenvalue weighted by atomic mass is 16.7. The van der Waals surface area contributed by atoms with Gasteiger partial charge in [-0.05, 0) is 36.8 Å². The Morgan fingerprint density at radius 3 is 2.70 bits per heavy atom. The first kappa shape index (κ1) is 17.0. The number of anilines is 4. The lowest BCUT2D eigenvalue weighted by atomic mass is 10.2. The van der Waals surface area contributed by atoms with Gasteiger partial charge < -0.3 is 25.4 Å². The lowest BCUT2D eigenvalue weighted by molar-refractivity contribution is 0.174. The maximum absolute atomic E-state index is 6.38. The summed E-state index contributed by atoms with van der Waals surface area (Å²) in [7, 11) is 0. The summed E-state index contributed by atoms with van der Waals surface area (Å²) in [5.41, 5.74) is 8.98. The fourth-order valence-electron chi connectivity index (χ4n) is 3.04. The van der Waals surface area contributed by atoms with Gasteiger partial charge in [-0.2, -0.15) is 0 Å². The van der Waals surface area contributed by atoms with E-state index in [0.717, 1.165) is 29.3 Å². The summed E-state index contributed by atoms with van der Waals surface area (Å²) < 4.78 is 10.8. The Hall–Kier alpha value is -3.48. The zero-order chi connectivity index (χ0) is 18.6. The second-order valence-electron chi connectivity index (χ2n) is 6.08. The summed E-state index contributed by atoms with van der Waals surface area (Å²) in [6.07, 6.45) is 1.53. The minimum absolute atomic E-state index is 0.265. The van der Waals surface area contributed by atoms with Crippen molar-refractivity contribution in [1.29, 1.82) is 0 Å². The molecule has 0 radical (unpaired) electrons. The maximum atomic E-state index is 6.38. The average molecular weight is 363 g/mol. The second kappa shape index (κ2) is 7.41. The third-order valence-electron chi connectivity index (χ3n) is 4.40. The molecule has 2 aromatic carbocycles. The van der Waals surface area contributed by atoms with E-state index < -0.39 is 0 Å². The van der Waals surface area contributed by atoms with Crippen LogP contribution in [0, 0.1) is 0 Å². The van der Waals surface area contributed by atoms with E-state index in [0.29, 0.717) is 23.9 Å². The summed E-state index contributed by atoms with van der Waals surface area (Å²) in [6.45, 7) is 3.64. The molecule has 27 heavy (non-hydrogen) atoms. The molecule has 1 aliphatic heterocycles. The van der Waals surface area contributed by atoms with Gasteiger partial charge in [-0.1, -0.05) is 24.3 Å². The van der Waals surface area contributed by atoms with Crippen molar-refractivity contribution in [3.05, 3.63) is 60.4 Å². The smallest absolute Gasteiger partial charge is 0.231 e. The van der Waals surface area contributed by atoms with Gasteiger partial charge in [-0.15, -0.1) is 0 Å². The molecule has 0 atom stereocenters. The first-order valence-electron chi connectivity index (χ1n) is 8.81. The van der Waals surface area contributed by atoms with E-state index in [1.807, 2.05) is 48.5 Å². The summed E-state index contributed by atoms with van der Waals surface area (Å²) in [4.78, 5) is 10.8. The van der Waals surface area contributed by atoms with Crippen LogP contribution in [0.1, 0.15) is 12.5 Å². The average Bonchev–Trinajstić information content (AvgIpc) is 3.17. The van der Waals surface area contributed by atoms with Gasteiger partial charge in [-0.25, -0.2) is 9.97 Å². The molecule has 0 saturated carbocycles. The van der Waals surface area contributed by atoms with Crippen LogP contribution in [0.5, 0.6) is 11.5 Å². The Bertz CT molecular complexity index is 933. The van der Waals surface area contributed by atoms with Crippen molar-refractivity contribution in [3.8, 4) is 11.5 Å². The third kappa shape index (κ3) is 3.44. The molecule has 4 rings (SSSR count). The van der Waals surface area contributed by atoms with Crippen LogP contribution >= 0.6 is 0 Å². The summed E-state index contributed by atoms with van der Waals surface area (Å²) in [5.74, 6) is 2.81. The normalized spacial score (nSPS) is 12.0. The molecular formula is C20H21N5O2. The Kier molecular flexibility index (Phi) is 4.65. The Morgan fingerprint density at radius 2 is 1.89 bits per heavy atom. The summed E-state index contributed by atoms with van der Waals surface area (Å²) in [5, 5.41) is 3.29. The lowest BCUT2D eigenvalue weighted by Crippen LogP contribution is -2.20. The van der Waals surface area contributed by atoms with E-state index in [4.69, 9.17) is 15.2 Å². The number of nitrogens with one attached hydrogen (secondary N) is 1. The van der Waals surface area contributed by atoms with E-state index >= 15 is 0 Å². The summed E-state index contributed by atoms with van der Waals surface area (Å²) in [6, 6.07) is 15.9. The van der Waals surface area contributed by atoms with Gasteiger partial charge in [0.2, 0.25) is 6.79 Å². The van der Waals surface area contributed by atoms with Crippen molar-refractivity contribution >= 4 is 23.0 Å². The van der Waals surface area contributed by atoms with Gasteiger partial charge in [0.25, 0.3) is 0 Å². The molecule has 0 fully saturated rings. The Balaban J connectivity index is 1.55. The van der Waals surface area contributed by atoms with Gasteiger partial charge in [0.15, 0.2) is 23.1 Å². The molecule has 2 heterocycles. The van der Waals surface area contributed by atoms with Gasteiger partial charge >= 0.3 is 0 Å². The number of benzene rings is 2. The van der Waals surface area contributed by atoms with E-state index in [2.05, 4.69) is 27.1 Å². The van der Waals surface area contributed by atoms with Crippen LogP contribution in [0.25, 0.3) is 0 Å². The molecule has 7 heteroatoms. The highest BCUT2D eigenvalue weighted by Gasteiger charge is 2.16. The largest absolute Gasteiger partial charge is 0.454 e. The highest BCUT2D eigenvalue weighted by Crippen LogP contribution is 2.34. The number of aromatic nitrogens is 2. The highest BCUT2D eigenvalue weighted by molar-refractivity contribution is 5.79. The first-order valence-corrected chi connectivity index (χ1v) is 8.81. The van der Waals surface area contributed by atoms with Crippen molar-refractivity contribution in [1.82, 2.24) is 9.97 Å². The number of fused-ring (bicyclic) bond motifs is 1. The number of nitrogen functional groups attached to an aromatic ring is 1. The maximum Gasteiger partial charge on any atom is 0.231 e. The third-order valence-corrected chi connectivity index (χ3v) is 4.40. The lowest BCUT2D eigenvalue weighted by Gasteiger charge is -2.24. The van der Waals surface area contributed by atoms with Crippen molar-refractivity contribution in [3.63, 3.8) is 0 Å². The van der Waals surface area contributed by atoms with Crippen LogP contribution in [0.2, 0.25) is 0 Å². The number of hydrogen-bond donors (Lipinski definition) is 2. The van der Waals surface area contributed by atoms with Crippen LogP contribution < -0.4 is 25.4 Å². The van der Waals surface area contributed by atoms with Crippen molar-refractivity contribution < 1.29 is 9.47 Å². The molecule has 0 amide bonds. The second-order valence-corrected chi connectivity index (χ2v) is 6.08. The first-order chi connectivity index (χ1) is 13.3. The molecule has 1 aliphatic rings. The van der Waals surface area contributed by atoms with Crippen molar-refractivity contribution in [2.45, 2.75) is 13.5 Å². The molecule has 0 aliphatic carbocycles. The number of nitrogens with two attached hydrogens (primary N) is 1. The van der Waals surface area contributed by atoms with Crippen molar-refractivity contribution in [2.24, 2.45) is 0 Å². The standard InChI is InChI=1S/C20H21N5O2/c1-2-25(15-6-4-3-5-7-15)20-18(21)19(23-12-24-20)22-11-14-8-9-16-17(10-14)27-13-26-16/h3-10,12H,2,11,13,21H2,1H3,(H,22,23,24). The van der Waals surface area contributed by atoms with Crippen LogP contribution in [0.15, 0.2) is 54.9 Å². The van der Waals surface area contributed by atoms with E-state index in [1.54, 1.807) is 0 Å². The van der Waals surface area contributed by atoms with Gasteiger partial charge in [0.1, 0.15) is 12.0 Å². The number of hydrogen-bond acceptors (Lipinski definition) is 7. The zero-order valence-electron chi connectivity index (χ0n) is 15.1. The molecule has 1 aromatic heterocycles. The minimum Gasteiger partial charge on any atom is -0.454 e. The van der Waals surface area contributed by atoms with Crippen molar-refractivity contribution in [2.75, 3.05) is 29.3 Å². The SMILES string of the molecule is CCN(c1ccccc1)c1ncnc(NCc2ccc3c(c2)OCO3)c1N. The fraction of sp³-hybridized carbons (Fsp3) is 0.200. The molecule has 0 spiro atoms. The predicted molar refractivity (Wildman–Crippen MR) is 105 cm³/mol. The van der Waals surface area contributed by atoms with Crippen LogP contribution in [0.3, 0.4) is 0 Å². The van der Waals surface area contributed by atoms with E-state index in [9.17, 15) is 0 Å². The predicted octanol–water partition coefficient (Wildman–Crippen LogP) is 3.56. The fourth-order valence-corrected chi connectivity index (χ4v) is 3.04. The van der Waals surface area contributed by atoms with Crippen LogP contribution in [-0.4, -0.2) is 23.3 Å². The molecule has 0 saturated heterocycles. The zero-order valence-corrected chi connectivity index (χ0v) is 15.1. The molecule has 138 valence electrons. The quantitative estimate of drug-likeness (QED) is 0.692. The summed E-state index contributed by atoms with van der Waals surface area (Å²) >= 11 is 0. The van der Waals surface area contributed by atoms with E-state index in [-0.39, 0.29) is 6.79 Å². The monoisotopic (exact) mass is 363 g/mol. The number of rotatable bonds is 6. The molecule has 3 N–H and O–H groups in total. The molecule has 3 aromatic rings. The number of para-hydroxylation sites is 1. The Labute approximate surface area is 157 Å². The molecule has 7 nitrogen and oxygen atoms in total. The van der Waals surface area contributed by atoms with Crippen LogP contribution in [0.4, 0.5) is 23.0 Å². The Morgan fingerprint density at radius 1 is 1.07 bits per heavy atom. The van der Waals surface area contributed by atoms with Gasteiger partial charge in [-0.3, -0.25) is 0 Å².